The third kappa shape index (κ3) is 1.66. The minimum Gasteiger partial charge on any atom is -0.382 e. The molecule has 2 N–H and O–H groups in total. The minimum absolute atomic E-state index is 0.495. The van der Waals surface area contributed by atoms with Crippen molar-refractivity contribution in [2.75, 3.05) is 5.73 Å². The second kappa shape index (κ2) is 3.82. The van der Waals surface area contributed by atoms with Crippen molar-refractivity contribution in [3.05, 3.63) is 41.3 Å². The summed E-state index contributed by atoms with van der Waals surface area (Å²) in [5, 5.41) is 2.04. The fourth-order valence-electron chi connectivity index (χ4n) is 1.80. The molecule has 4 heteroatoms. The van der Waals surface area contributed by atoms with E-state index in [0.717, 1.165) is 21.6 Å². The Morgan fingerprint density at radius 2 is 1.76 bits per heavy atom. The molecular weight excluding hydrogens is 230 g/mol. The molecular formula is C13H11N3S. The Bertz CT molecular complexity index is 688. The predicted octanol–water partition coefficient (Wildman–Crippen LogP) is 3.25. The summed E-state index contributed by atoms with van der Waals surface area (Å²) in [5.41, 5.74) is 9.67. The van der Waals surface area contributed by atoms with Crippen LogP contribution in [-0.4, -0.2) is 9.97 Å². The zero-order chi connectivity index (χ0) is 11.8. The Morgan fingerprint density at radius 1 is 1.06 bits per heavy atom. The van der Waals surface area contributed by atoms with Crippen LogP contribution in [0.2, 0.25) is 0 Å². The number of aromatic nitrogens is 2. The first-order chi connectivity index (χ1) is 8.25. The lowest BCUT2D eigenvalue weighted by atomic mass is 10.2. The minimum atomic E-state index is 0.495. The smallest absolute Gasteiger partial charge is 0.151 e. The van der Waals surface area contributed by atoms with Gasteiger partial charge < -0.3 is 5.73 Å². The number of hydrogen-bond acceptors (Lipinski definition) is 4. The van der Waals surface area contributed by atoms with Gasteiger partial charge in [0.2, 0.25) is 0 Å². The van der Waals surface area contributed by atoms with Crippen LogP contribution in [0.5, 0.6) is 0 Å². The number of benzene rings is 1. The Balaban J connectivity index is 2.30. The maximum absolute atomic E-state index is 5.98. The molecule has 2 heterocycles. The summed E-state index contributed by atoms with van der Waals surface area (Å²) in [5.74, 6) is 0.495. The van der Waals surface area contributed by atoms with Crippen LogP contribution >= 0.6 is 11.3 Å². The van der Waals surface area contributed by atoms with Crippen molar-refractivity contribution in [2.45, 2.75) is 6.92 Å². The van der Waals surface area contributed by atoms with Crippen LogP contribution in [0.3, 0.4) is 0 Å². The van der Waals surface area contributed by atoms with Gasteiger partial charge in [0.05, 0.1) is 15.9 Å². The zero-order valence-electron chi connectivity index (χ0n) is 9.34. The van der Waals surface area contributed by atoms with Crippen LogP contribution in [0, 0.1) is 6.92 Å². The average Bonchev–Trinajstić information content (AvgIpc) is 2.74. The fourth-order valence-corrected chi connectivity index (χ4v) is 2.72. The average molecular weight is 241 g/mol. The van der Waals surface area contributed by atoms with Gasteiger partial charge in [0, 0.05) is 0 Å². The highest BCUT2D eigenvalue weighted by Gasteiger charge is 2.11. The number of aryl methyl sites for hydroxylation is 1. The Morgan fingerprint density at radius 3 is 2.41 bits per heavy atom. The molecule has 2 aromatic heterocycles. The molecule has 0 amide bonds. The molecule has 0 saturated heterocycles. The molecule has 3 aromatic rings. The normalized spacial score (nSPS) is 10.9. The van der Waals surface area contributed by atoms with Gasteiger partial charge in [-0.1, -0.05) is 12.1 Å². The molecule has 3 nitrogen and oxygen atoms in total. The van der Waals surface area contributed by atoms with Crippen LogP contribution in [0.15, 0.2) is 35.7 Å². The third-order valence-corrected chi connectivity index (χ3v) is 3.70. The Kier molecular flexibility index (Phi) is 2.30. The summed E-state index contributed by atoms with van der Waals surface area (Å²) < 4.78 is 0. The monoisotopic (exact) mass is 241 g/mol. The zero-order valence-corrected chi connectivity index (χ0v) is 10.2. The van der Waals surface area contributed by atoms with E-state index in [0.29, 0.717) is 5.82 Å². The summed E-state index contributed by atoms with van der Waals surface area (Å²) >= 11 is 1.64. The van der Waals surface area contributed by atoms with E-state index in [2.05, 4.69) is 23.0 Å². The van der Waals surface area contributed by atoms with E-state index < -0.39 is 0 Å². The van der Waals surface area contributed by atoms with Gasteiger partial charge in [-0.3, -0.25) is 0 Å². The summed E-state index contributed by atoms with van der Waals surface area (Å²) in [6.07, 6.45) is 0. The quantitative estimate of drug-likeness (QED) is 0.711. The second-order valence-corrected chi connectivity index (χ2v) is 4.80. The van der Waals surface area contributed by atoms with Gasteiger partial charge in [-0.15, -0.1) is 11.3 Å². The number of nitrogen functional groups attached to an aromatic ring is 1. The van der Waals surface area contributed by atoms with E-state index in [1.54, 1.807) is 11.3 Å². The van der Waals surface area contributed by atoms with E-state index in [1.165, 1.54) is 5.56 Å². The largest absolute Gasteiger partial charge is 0.382 e. The number of anilines is 1. The first kappa shape index (κ1) is 10.2. The lowest BCUT2D eigenvalue weighted by molar-refractivity contribution is 1.30. The Hall–Kier alpha value is -1.94. The highest BCUT2D eigenvalue weighted by Crippen LogP contribution is 2.31. The van der Waals surface area contributed by atoms with Crippen molar-refractivity contribution in [3.8, 4) is 10.6 Å². The van der Waals surface area contributed by atoms with Gasteiger partial charge in [0.25, 0.3) is 0 Å². The molecule has 0 aliphatic rings. The summed E-state index contributed by atoms with van der Waals surface area (Å²) in [6.45, 7) is 2.06. The van der Waals surface area contributed by atoms with Gasteiger partial charge in [0.15, 0.2) is 5.82 Å². The second-order valence-electron chi connectivity index (χ2n) is 3.88. The van der Waals surface area contributed by atoms with Crippen molar-refractivity contribution in [1.29, 1.82) is 0 Å². The van der Waals surface area contributed by atoms with Gasteiger partial charge in [-0.2, -0.15) is 0 Å². The predicted molar refractivity (Wildman–Crippen MR) is 72.0 cm³/mol. The van der Waals surface area contributed by atoms with E-state index in [1.807, 2.05) is 29.6 Å². The van der Waals surface area contributed by atoms with Crippen LogP contribution in [0.1, 0.15) is 5.56 Å². The summed E-state index contributed by atoms with van der Waals surface area (Å²) in [4.78, 5) is 10.1. The van der Waals surface area contributed by atoms with Gasteiger partial charge in [-0.05, 0) is 36.1 Å². The summed E-state index contributed by atoms with van der Waals surface area (Å²) in [7, 11) is 0. The molecule has 17 heavy (non-hydrogen) atoms. The Labute approximate surface area is 103 Å². The summed E-state index contributed by atoms with van der Waals surface area (Å²) in [6, 6.07) is 9.83. The van der Waals surface area contributed by atoms with Crippen LogP contribution < -0.4 is 5.73 Å². The number of fused-ring (bicyclic) bond motifs is 1. The van der Waals surface area contributed by atoms with E-state index in [-0.39, 0.29) is 0 Å². The first-order valence-electron chi connectivity index (χ1n) is 5.32. The van der Waals surface area contributed by atoms with Crippen LogP contribution in [-0.2, 0) is 0 Å². The van der Waals surface area contributed by atoms with Crippen molar-refractivity contribution in [1.82, 2.24) is 9.97 Å². The van der Waals surface area contributed by atoms with Crippen molar-refractivity contribution in [2.24, 2.45) is 0 Å². The van der Waals surface area contributed by atoms with Gasteiger partial charge in [-0.25, -0.2) is 9.97 Å². The topological polar surface area (TPSA) is 51.8 Å². The molecule has 3 rings (SSSR count). The molecule has 0 bridgehead atoms. The molecule has 0 spiro atoms. The maximum Gasteiger partial charge on any atom is 0.151 e. The van der Waals surface area contributed by atoms with E-state index >= 15 is 0 Å². The number of hydrogen-bond donors (Lipinski definition) is 1. The molecule has 0 fully saturated rings. The van der Waals surface area contributed by atoms with Crippen LogP contribution in [0.4, 0.5) is 5.82 Å². The number of thiophene rings is 1. The van der Waals surface area contributed by atoms with Crippen molar-refractivity contribution >= 4 is 28.2 Å². The van der Waals surface area contributed by atoms with Gasteiger partial charge >= 0.3 is 0 Å². The molecule has 0 aliphatic carbocycles. The number of para-hydroxylation sites is 2. The standard InChI is InChI=1S/C13H11N3S/c1-8-6-7-17-12(8)11-13(14)16-10-5-3-2-4-9(10)15-11/h2-7H,1H3,(H2,14,16). The molecule has 0 radical (unpaired) electrons. The lowest BCUT2D eigenvalue weighted by Crippen LogP contribution is -1.97. The fraction of sp³-hybridized carbons (Fsp3) is 0.0769. The molecule has 84 valence electrons. The van der Waals surface area contributed by atoms with E-state index in [9.17, 15) is 0 Å². The number of nitrogens with zero attached hydrogens (tertiary/aromatic N) is 2. The highest BCUT2D eigenvalue weighted by atomic mass is 32.1. The van der Waals surface area contributed by atoms with Crippen molar-refractivity contribution < 1.29 is 0 Å². The first-order valence-corrected chi connectivity index (χ1v) is 6.20. The molecule has 0 atom stereocenters. The molecule has 0 unspecified atom stereocenters. The third-order valence-electron chi connectivity index (χ3n) is 2.67. The van der Waals surface area contributed by atoms with Crippen LogP contribution in [0.25, 0.3) is 21.6 Å². The molecule has 1 aromatic carbocycles. The molecule has 0 aliphatic heterocycles. The number of nitrogens with two attached hydrogens (primary N) is 1. The lowest BCUT2D eigenvalue weighted by Gasteiger charge is -2.05. The maximum atomic E-state index is 5.98. The number of rotatable bonds is 1. The van der Waals surface area contributed by atoms with Gasteiger partial charge in [0.1, 0.15) is 5.69 Å². The SMILES string of the molecule is Cc1ccsc1-c1nc2ccccc2nc1N. The van der Waals surface area contributed by atoms with E-state index in [4.69, 9.17) is 5.73 Å². The highest BCUT2D eigenvalue weighted by molar-refractivity contribution is 7.13. The molecule has 0 saturated carbocycles. The van der Waals surface area contributed by atoms with Crippen molar-refractivity contribution in [3.63, 3.8) is 0 Å².